The molecule has 0 aliphatic carbocycles. The van der Waals surface area contributed by atoms with Gasteiger partial charge in [0.05, 0.1) is 18.1 Å². The normalized spacial score (nSPS) is 13.0. The molecule has 0 unspecified atom stereocenters. The van der Waals surface area contributed by atoms with Crippen LogP contribution < -0.4 is 0 Å². The molecule has 0 amide bonds. The number of hydrogen-bond acceptors (Lipinski definition) is 3. The van der Waals surface area contributed by atoms with Gasteiger partial charge in [-0.2, -0.15) is 0 Å². The van der Waals surface area contributed by atoms with Crippen LogP contribution in [0, 0.1) is 0 Å². The highest BCUT2D eigenvalue weighted by Gasteiger charge is 2.14. The van der Waals surface area contributed by atoms with Gasteiger partial charge in [0, 0.05) is 34.5 Å². The van der Waals surface area contributed by atoms with E-state index in [1.54, 1.807) is 30.7 Å². The maximum Gasteiger partial charge on any atom is 0.125 e. The molecule has 122 valence electrons. The third-order valence-corrected chi connectivity index (χ3v) is 3.92. The number of phenolic OH excluding ortho intramolecular Hbond substituents is 1. The Morgan fingerprint density at radius 2 is 2.04 bits per heavy atom. The molecule has 0 fully saturated rings. The molecule has 24 heavy (non-hydrogen) atoms. The van der Waals surface area contributed by atoms with Crippen LogP contribution in [-0.4, -0.2) is 26.8 Å². The highest BCUT2D eigenvalue weighted by Crippen LogP contribution is 2.25. The SMILES string of the molecule is C[C@H](Cc1cnc[nH]1)N=C(c1ccccc1)c1cc(Cl)ccc1O. The summed E-state index contributed by atoms with van der Waals surface area (Å²) in [6.07, 6.45) is 4.19. The van der Waals surface area contributed by atoms with Crippen molar-refractivity contribution in [1.29, 1.82) is 0 Å². The van der Waals surface area contributed by atoms with Gasteiger partial charge in [-0.3, -0.25) is 4.99 Å². The highest BCUT2D eigenvalue weighted by atomic mass is 35.5. The lowest BCUT2D eigenvalue weighted by atomic mass is 10.0. The van der Waals surface area contributed by atoms with Crippen LogP contribution in [0.2, 0.25) is 5.02 Å². The van der Waals surface area contributed by atoms with E-state index in [4.69, 9.17) is 16.6 Å². The fraction of sp³-hybridized carbons (Fsp3) is 0.158. The van der Waals surface area contributed by atoms with Crippen LogP contribution in [0.25, 0.3) is 0 Å². The molecule has 0 saturated heterocycles. The van der Waals surface area contributed by atoms with Crippen LogP contribution in [0.4, 0.5) is 0 Å². The summed E-state index contributed by atoms with van der Waals surface area (Å²) in [6, 6.07) is 14.8. The zero-order chi connectivity index (χ0) is 16.9. The van der Waals surface area contributed by atoms with E-state index in [0.29, 0.717) is 10.6 Å². The van der Waals surface area contributed by atoms with Crippen molar-refractivity contribution in [1.82, 2.24) is 9.97 Å². The molecule has 4 nitrogen and oxygen atoms in total. The number of halogens is 1. The van der Waals surface area contributed by atoms with Gasteiger partial charge in [-0.15, -0.1) is 0 Å². The standard InChI is InChI=1S/C19H18ClN3O/c1-13(9-16-11-21-12-22-16)23-19(14-5-3-2-4-6-14)17-10-15(20)7-8-18(17)24/h2-8,10-13,24H,9H2,1H3,(H,21,22)/t13-/m1/s1. The number of H-pyrrole nitrogens is 1. The van der Waals surface area contributed by atoms with Crippen molar-refractivity contribution in [3.8, 4) is 5.75 Å². The number of phenols is 1. The Labute approximate surface area is 145 Å². The minimum absolute atomic E-state index is 0.0130. The third-order valence-electron chi connectivity index (χ3n) is 3.68. The number of nitrogens with zero attached hydrogens (tertiary/aromatic N) is 2. The van der Waals surface area contributed by atoms with E-state index < -0.39 is 0 Å². The summed E-state index contributed by atoms with van der Waals surface area (Å²) >= 11 is 6.12. The Balaban J connectivity index is 2.02. The third kappa shape index (κ3) is 3.84. The minimum atomic E-state index is 0.0130. The van der Waals surface area contributed by atoms with E-state index in [1.807, 2.05) is 37.3 Å². The van der Waals surface area contributed by atoms with Gasteiger partial charge in [0.2, 0.25) is 0 Å². The number of aromatic nitrogens is 2. The minimum Gasteiger partial charge on any atom is -0.507 e. The Bertz CT molecular complexity index is 829. The summed E-state index contributed by atoms with van der Waals surface area (Å²) in [5, 5.41) is 10.8. The highest BCUT2D eigenvalue weighted by molar-refractivity contribution is 6.31. The molecule has 0 bridgehead atoms. The Kier molecular flexibility index (Phi) is 4.96. The Morgan fingerprint density at radius 1 is 1.25 bits per heavy atom. The van der Waals surface area contributed by atoms with Gasteiger partial charge >= 0.3 is 0 Å². The summed E-state index contributed by atoms with van der Waals surface area (Å²) in [4.78, 5) is 12.0. The number of aromatic hydroxyl groups is 1. The summed E-state index contributed by atoms with van der Waals surface area (Å²) in [7, 11) is 0. The first kappa shape index (κ1) is 16.3. The second-order valence-corrected chi connectivity index (χ2v) is 6.07. The van der Waals surface area contributed by atoms with Crippen LogP contribution in [0.5, 0.6) is 5.75 Å². The summed E-state index contributed by atoms with van der Waals surface area (Å²) in [5.41, 5.74) is 3.31. The largest absolute Gasteiger partial charge is 0.507 e. The maximum absolute atomic E-state index is 10.3. The molecule has 0 radical (unpaired) electrons. The lowest BCUT2D eigenvalue weighted by Gasteiger charge is -2.13. The van der Waals surface area contributed by atoms with E-state index >= 15 is 0 Å². The molecule has 1 aromatic heterocycles. The average molecular weight is 340 g/mol. The van der Waals surface area contributed by atoms with Gasteiger partial charge in [-0.25, -0.2) is 4.98 Å². The number of aromatic amines is 1. The molecule has 0 saturated carbocycles. The van der Waals surface area contributed by atoms with Crippen molar-refractivity contribution in [2.45, 2.75) is 19.4 Å². The van der Waals surface area contributed by atoms with Gasteiger partial charge in [0.15, 0.2) is 0 Å². The molecule has 1 heterocycles. The fourth-order valence-electron chi connectivity index (χ4n) is 2.57. The van der Waals surface area contributed by atoms with Crippen molar-refractivity contribution in [2.24, 2.45) is 4.99 Å². The number of hydrogen-bond donors (Lipinski definition) is 2. The van der Waals surface area contributed by atoms with Crippen molar-refractivity contribution in [3.63, 3.8) is 0 Å². The van der Waals surface area contributed by atoms with E-state index in [1.165, 1.54) is 0 Å². The number of imidazole rings is 1. The molecule has 0 aliphatic heterocycles. The van der Waals surface area contributed by atoms with Crippen molar-refractivity contribution >= 4 is 17.3 Å². The first-order chi connectivity index (χ1) is 11.6. The molecule has 2 N–H and O–H groups in total. The second kappa shape index (κ2) is 7.32. The quantitative estimate of drug-likeness (QED) is 0.683. The monoisotopic (exact) mass is 339 g/mol. The molecule has 3 rings (SSSR count). The van der Waals surface area contributed by atoms with Crippen molar-refractivity contribution < 1.29 is 5.11 Å². The molecule has 2 aromatic carbocycles. The van der Waals surface area contributed by atoms with Gasteiger partial charge in [-0.1, -0.05) is 41.9 Å². The number of benzene rings is 2. The van der Waals surface area contributed by atoms with Gasteiger partial charge in [-0.05, 0) is 25.1 Å². The van der Waals surface area contributed by atoms with Crippen LogP contribution in [-0.2, 0) is 6.42 Å². The molecule has 1 atom stereocenters. The summed E-state index contributed by atoms with van der Waals surface area (Å²) in [5.74, 6) is 0.163. The van der Waals surface area contributed by atoms with Gasteiger partial charge in [0.1, 0.15) is 5.75 Å². The first-order valence-electron chi connectivity index (χ1n) is 7.73. The van der Waals surface area contributed by atoms with E-state index in [0.717, 1.165) is 23.4 Å². The van der Waals surface area contributed by atoms with E-state index in [9.17, 15) is 5.11 Å². The molecule has 0 spiro atoms. The van der Waals surface area contributed by atoms with Gasteiger partial charge < -0.3 is 10.1 Å². The topological polar surface area (TPSA) is 61.3 Å². The maximum atomic E-state index is 10.3. The van der Waals surface area contributed by atoms with Crippen LogP contribution in [0.15, 0.2) is 66.0 Å². The molecule has 5 heteroatoms. The fourth-order valence-corrected chi connectivity index (χ4v) is 2.75. The van der Waals surface area contributed by atoms with Crippen molar-refractivity contribution in [2.75, 3.05) is 0 Å². The Morgan fingerprint density at radius 3 is 2.75 bits per heavy atom. The average Bonchev–Trinajstić information content (AvgIpc) is 3.09. The Hall–Kier alpha value is -2.59. The predicted octanol–water partition coefficient (Wildman–Crippen LogP) is 4.24. The first-order valence-corrected chi connectivity index (χ1v) is 8.10. The molecular formula is C19H18ClN3O. The molecule has 3 aromatic rings. The van der Waals surface area contributed by atoms with Crippen molar-refractivity contribution in [3.05, 3.63) is 82.9 Å². The number of aliphatic imine (C=N–C) groups is 1. The van der Waals surface area contributed by atoms with Crippen LogP contribution in [0.1, 0.15) is 23.7 Å². The van der Waals surface area contributed by atoms with E-state index in [2.05, 4.69) is 9.97 Å². The zero-order valence-electron chi connectivity index (χ0n) is 13.3. The predicted molar refractivity (Wildman–Crippen MR) is 97.0 cm³/mol. The smallest absolute Gasteiger partial charge is 0.125 e. The zero-order valence-corrected chi connectivity index (χ0v) is 14.0. The number of rotatable bonds is 5. The second-order valence-electron chi connectivity index (χ2n) is 5.64. The lowest BCUT2D eigenvalue weighted by molar-refractivity contribution is 0.474. The summed E-state index contributed by atoms with van der Waals surface area (Å²) in [6.45, 7) is 2.03. The summed E-state index contributed by atoms with van der Waals surface area (Å²) < 4.78 is 0. The molecule has 0 aliphatic rings. The lowest BCUT2D eigenvalue weighted by Crippen LogP contribution is -2.11. The number of nitrogens with one attached hydrogen (secondary N) is 1. The van der Waals surface area contributed by atoms with E-state index in [-0.39, 0.29) is 11.8 Å². The van der Waals surface area contributed by atoms with Gasteiger partial charge in [0.25, 0.3) is 0 Å². The molecular weight excluding hydrogens is 322 g/mol. The van der Waals surface area contributed by atoms with Crippen LogP contribution >= 0.6 is 11.6 Å². The van der Waals surface area contributed by atoms with Crippen LogP contribution in [0.3, 0.4) is 0 Å².